The highest BCUT2D eigenvalue weighted by molar-refractivity contribution is 6.23. The number of anilines is 1. The SMILES string of the molecule is CCC(C)c1ccc(NCl)cc1. The zero-order chi connectivity index (χ0) is 8.97. The van der Waals surface area contributed by atoms with Gasteiger partial charge in [-0.2, -0.15) is 0 Å². The Morgan fingerprint density at radius 3 is 2.33 bits per heavy atom. The fourth-order valence-electron chi connectivity index (χ4n) is 1.11. The molecule has 0 aliphatic carbocycles. The van der Waals surface area contributed by atoms with Gasteiger partial charge in [-0.25, -0.2) is 0 Å². The van der Waals surface area contributed by atoms with Gasteiger partial charge in [0.15, 0.2) is 0 Å². The molecule has 0 fully saturated rings. The van der Waals surface area contributed by atoms with Gasteiger partial charge in [0.1, 0.15) is 0 Å². The monoisotopic (exact) mass is 183 g/mol. The van der Waals surface area contributed by atoms with E-state index < -0.39 is 0 Å². The Hall–Kier alpha value is -0.690. The molecule has 0 aliphatic rings. The minimum absolute atomic E-state index is 0.634. The van der Waals surface area contributed by atoms with Crippen LogP contribution in [-0.2, 0) is 0 Å². The molecule has 0 heterocycles. The third-order valence-corrected chi connectivity index (χ3v) is 2.42. The molecule has 0 bridgehead atoms. The fourth-order valence-corrected chi connectivity index (χ4v) is 1.24. The van der Waals surface area contributed by atoms with Crippen LogP contribution in [0.2, 0.25) is 0 Å². The van der Waals surface area contributed by atoms with E-state index in [0.29, 0.717) is 5.92 Å². The first-order valence-corrected chi connectivity index (χ1v) is 4.62. The molecule has 12 heavy (non-hydrogen) atoms. The summed E-state index contributed by atoms with van der Waals surface area (Å²) in [5.41, 5.74) is 2.32. The van der Waals surface area contributed by atoms with E-state index in [2.05, 4.69) is 30.8 Å². The van der Waals surface area contributed by atoms with Crippen LogP contribution in [0, 0.1) is 0 Å². The van der Waals surface area contributed by atoms with E-state index in [1.165, 1.54) is 12.0 Å². The summed E-state index contributed by atoms with van der Waals surface area (Å²) in [5.74, 6) is 0.634. The van der Waals surface area contributed by atoms with E-state index in [4.69, 9.17) is 11.8 Å². The lowest BCUT2D eigenvalue weighted by Gasteiger charge is -2.08. The Labute approximate surface area is 78.9 Å². The lowest BCUT2D eigenvalue weighted by Crippen LogP contribution is -1.90. The average molecular weight is 184 g/mol. The van der Waals surface area contributed by atoms with E-state index in [0.717, 1.165) is 5.69 Å². The van der Waals surface area contributed by atoms with Crippen molar-refractivity contribution < 1.29 is 0 Å². The Kier molecular flexibility index (Phi) is 3.42. The van der Waals surface area contributed by atoms with E-state index in [-0.39, 0.29) is 0 Å². The van der Waals surface area contributed by atoms with Crippen molar-refractivity contribution in [1.82, 2.24) is 0 Å². The van der Waals surface area contributed by atoms with Crippen molar-refractivity contribution >= 4 is 17.5 Å². The van der Waals surface area contributed by atoms with E-state index in [1.807, 2.05) is 12.1 Å². The second kappa shape index (κ2) is 4.36. The zero-order valence-corrected chi connectivity index (χ0v) is 8.23. The molecule has 0 radical (unpaired) electrons. The van der Waals surface area contributed by atoms with E-state index in [9.17, 15) is 0 Å². The Bertz CT molecular complexity index is 230. The number of nitrogens with one attached hydrogen (secondary N) is 1. The molecule has 1 atom stereocenters. The summed E-state index contributed by atoms with van der Waals surface area (Å²) in [6.45, 7) is 4.42. The van der Waals surface area contributed by atoms with Crippen LogP contribution in [0.1, 0.15) is 31.7 Å². The van der Waals surface area contributed by atoms with Crippen LogP contribution in [0.3, 0.4) is 0 Å². The Morgan fingerprint density at radius 1 is 1.33 bits per heavy atom. The number of hydrogen-bond acceptors (Lipinski definition) is 1. The van der Waals surface area contributed by atoms with Gasteiger partial charge in [-0.05, 0) is 30.0 Å². The van der Waals surface area contributed by atoms with Gasteiger partial charge in [-0.1, -0.05) is 26.0 Å². The molecule has 1 unspecified atom stereocenters. The molecule has 1 nitrogen and oxygen atoms in total. The molecule has 0 saturated carbocycles. The van der Waals surface area contributed by atoms with Crippen LogP contribution in [0.4, 0.5) is 5.69 Å². The molecule has 0 amide bonds. The van der Waals surface area contributed by atoms with Gasteiger partial charge in [0.2, 0.25) is 0 Å². The highest BCUT2D eigenvalue weighted by atomic mass is 35.5. The number of hydrogen-bond donors (Lipinski definition) is 1. The second-order valence-electron chi connectivity index (χ2n) is 3.03. The van der Waals surface area contributed by atoms with Crippen molar-refractivity contribution in [3.8, 4) is 0 Å². The summed E-state index contributed by atoms with van der Waals surface area (Å²) < 4.78 is 0. The van der Waals surface area contributed by atoms with E-state index >= 15 is 0 Å². The van der Waals surface area contributed by atoms with Crippen molar-refractivity contribution in [3.05, 3.63) is 29.8 Å². The lowest BCUT2D eigenvalue weighted by molar-refractivity contribution is 0.734. The van der Waals surface area contributed by atoms with Gasteiger partial charge in [0.05, 0.1) is 0 Å². The first-order valence-electron chi connectivity index (χ1n) is 4.24. The maximum atomic E-state index is 5.44. The fraction of sp³-hybridized carbons (Fsp3) is 0.400. The van der Waals surface area contributed by atoms with Gasteiger partial charge >= 0.3 is 0 Å². The topological polar surface area (TPSA) is 12.0 Å². The Balaban J connectivity index is 2.77. The Morgan fingerprint density at radius 2 is 1.92 bits per heavy atom. The van der Waals surface area contributed by atoms with Crippen LogP contribution in [0.25, 0.3) is 0 Å². The average Bonchev–Trinajstić information content (AvgIpc) is 2.17. The molecule has 66 valence electrons. The highest BCUT2D eigenvalue weighted by Gasteiger charge is 2.01. The smallest absolute Gasteiger partial charge is 0.0491 e. The summed E-state index contributed by atoms with van der Waals surface area (Å²) in [6, 6.07) is 8.21. The minimum atomic E-state index is 0.634. The minimum Gasteiger partial charge on any atom is -0.299 e. The molecule has 1 N–H and O–H groups in total. The van der Waals surface area contributed by atoms with Gasteiger partial charge in [0.25, 0.3) is 0 Å². The molecule has 0 spiro atoms. The van der Waals surface area contributed by atoms with Crippen LogP contribution in [0.5, 0.6) is 0 Å². The van der Waals surface area contributed by atoms with Crippen LogP contribution in [-0.4, -0.2) is 0 Å². The molecular weight excluding hydrogens is 170 g/mol. The summed E-state index contributed by atoms with van der Waals surface area (Å²) >= 11 is 5.44. The molecule has 0 aromatic heterocycles. The lowest BCUT2D eigenvalue weighted by atomic mass is 9.99. The predicted octanol–water partition coefficient (Wildman–Crippen LogP) is 3.77. The molecule has 1 rings (SSSR count). The van der Waals surface area contributed by atoms with Crippen molar-refractivity contribution in [2.24, 2.45) is 0 Å². The number of benzene rings is 1. The summed E-state index contributed by atoms with van der Waals surface area (Å²) in [4.78, 5) is 2.58. The summed E-state index contributed by atoms with van der Waals surface area (Å²) in [6.07, 6.45) is 1.17. The van der Waals surface area contributed by atoms with Crippen molar-refractivity contribution in [2.45, 2.75) is 26.2 Å². The number of halogens is 1. The maximum absolute atomic E-state index is 5.44. The van der Waals surface area contributed by atoms with Crippen LogP contribution in [0.15, 0.2) is 24.3 Å². The van der Waals surface area contributed by atoms with Crippen molar-refractivity contribution in [3.63, 3.8) is 0 Å². The highest BCUT2D eigenvalue weighted by Crippen LogP contribution is 2.20. The molecule has 2 heteroatoms. The van der Waals surface area contributed by atoms with Crippen LogP contribution >= 0.6 is 11.8 Å². The molecule has 0 aliphatic heterocycles. The maximum Gasteiger partial charge on any atom is 0.0491 e. The van der Waals surface area contributed by atoms with E-state index in [1.54, 1.807) is 0 Å². The first-order chi connectivity index (χ1) is 5.77. The van der Waals surface area contributed by atoms with Gasteiger partial charge in [-0.3, -0.25) is 4.84 Å². The summed E-state index contributed by atoms with van der Waals surface area (Å²) in [5, 5.41) is 0. The molecular formula is C10H14ClN. The number of rotatable bonds is 3. The second-order valence-corrected chi connectivity index (χ2v) is 3.21. The third kappa shape index (κ3) is 2.15. The standard InChI is InChI=1S/C10H14ClN/c1-3-8(2)9-4-6-10(12-11)7-5-9/h4-8,12H,3H2,1-2H3. The third-order valence-electron chi connectivity index (χ3n) is 2.20. The molecule has 0 saturated heterocycles. The first kappa shape index (κ1) is 9.40. The van der Waals surface area contributed by atoms with Crippen molar-refractivity contribution in [1.29, 1.82) is 0 Å². The van der Waals surface area contributed by atoms with Gasteiger partial charge < -0.3 is 0 Å². The van der Waals surface area contributed by atoms with Gasteiger partial charge in [-0.15, -0.1) is 0 Å². The molecule has 1 aromatic carbocycles. The quantitative estimate of drug-likeness (QED) is 0.704. The molecule has 1 aromatic rings. The van der Waals surface area contributed by atoms with Gasteiger partial charge in [0, 0.05) is 17.5 Å². The van der Waals surface area contributed by atoms with Crippen molar-refractivity contribution in [2.75, 3.05) is 4.84 Å². The zero-order valence-electron chi connectivity index (χ0n) is 7.47. The van der Waals surface area contributed by atoms with Crippen LogP contribution < -0.4 is 4.84 Å². The largest absolute Gasteiger partial charge is 0.299 e. The summed E-state index contributed by atoms with van der Waals surface area (Å²) in [7, 11) is 0. The normalized spacial score (nSPS) is 12.6. The predicted molar refractivity (Wildman–Crippen MR) is 54.6 cm³/mol.